The number of thioether (sulfide) groups is 1. The number of nitriles is 1. The summed E-state index contributed by atoms with van der Waals surface area (Å²) in [6.45, 7) is 2.19. The first-order valence-electron chi connectivity index (χ1n) is 4.59. The van der Waals surface area contributed by atoms with Gasteiger partial charge in [-0.15, -0.1) is 11.8 Å². The molecule has 1 unspecified atom stereocenters. The Morgan fingerprint density at radius 2 is 2.21 bits per heavy atom. The Morgan fingerprint density at radius 3 is 2.86 bits per heavy atom. The van der Waals surface area contributed by atoms with Crippen molar-refractivity contribution < 1.29 is 0 Å². The highest BCUT2D eigenvalue weighted by Crippen LogP contribution is 2.45. The molecule has 1 aliphatic rings. The molecule has 1 aliphatic heterocycles. The van der Waals surface area contributed by atoms with Crippen LogP contribution in [-0.2, 0) is 4.75 Å². The highest BCUT2D eigenvalue weighted by atomic mass is 32.2. The molecule has 1 aromatic rings. The molecule has 0 aliphatic carbocycles. The summed E-state index contributed by atoms with van der Waals surface area (Å²) in [4.78, 5) is 0. The van der Waals surface area contributed by atoms with E-state index >= 15 is 0 Å². The lowest BCUT2D eigenvalue weighted by Gasteiger charge is -2.24. The molecule has 70 valence electrons. The molecule has 1 heterocycles. The van der Waals surface area contributed by atoms with Crippen LogP contribution in [0.4, 0.5) is 0 Å². The van der Waals surface area contributed by atoms with E-state index in [1.54, 1.807) is 11.8 Å². The molecule has 0 N–H and O–H groups in total. The zero-order chi connectivity index (χ0) is 10.0. The van der Waals surface area contributed by atoms with Crippen LogP contribution in [-0.4, -0.2) is 0 Å². The lowest BCUT2D eigenvalue weighted by Crippen LogP contribution is -2.14. The SMILES string of the molecule is CC1(c2ccccc2C#N)CC=CS1. The second kappa shape index (κ2) is 3.51. The van der Waals surface area contributed by atoms with Crippen molar-refractivity contribution in [2.75, 3.05) is 0 Å². The van der Waals surface area contributed by atoms with Crippen molar-refractivity contribution in [3.8, 4) is 6.07 Å². The van der Waals surface area contributed by atoms with E-state index in [4.69, 9.17) is 5.26 Å². The Balaban J connectivity index is 2.46. The Labute approximate surface area is 88.4 Å². The van der Waals surface area contributed by atoms with E-state index in [9.17, 15) is 0 Å². The van der Waals surface area contributed by atoms with Crippen LogP contribution in [0.1, 0.15) is 24.5 Å². The minimum absolute atomic E-state index is 0.0618. The normalized spacial score (nSPS) is 24.9. The van der Waals surface area contributed by atoms with Gasteiger partial charge in [0.25, 0.3) is 0 Å². The number of hydrogen-bond acceptors (Lipinski definition) is 2. The molecule has 0 bridgehead atoms. The van der Waals surface area contributed by atoms with Crippen LogP contribution in [0.15, 0.2) is 35.7 Å². The molecular formula is C12H11NS. The van der Waals surface area contributed by atoms with Crippen molar-refractivity contribution in [3.05, 3.63) is 46.9 Å². The largest absolute Gasteiger partial charge is 0.192 e. The fourth-order valence-electron chi connectivity index (χ4n) is 1.73. The smallest absolute Gasteiger partial charge is 0.0995 e. The molecule has 2 heteroatoms. The minimum Gasteiger partial charge on any atom is -0.192 e. The molecule has 0 aromatic heterocycles. The second-order valence-electron chi connectivity index (χ2n) is 3.58. The Kier molecular flexibility index (Phi) is 2.35. The van der Waals surface area contributed by atoms with Gasteiger partial charge in [-0.25, -0.2) is 0 Å². The third-order valence-electron chi connectivity index (χ3n) is 2.55. The van der Waals surface area contributed by atoms with Gasteiger partial charge in [0.05, 0.1) is 11.6 Å². The van der Waals surface area contributed by atoms with E-state index in [1.165, 1.54) is 0 Å². The molecule has 1 atom stereocenters. The average molecular weight is 201 g/mol. The lowest BCUT2D eigenvalue weighted by atomic mass is 9.93. The first-order chi connectivity index (χ1) is 6.76. The summed E-state index contributed by atoms with van der Waals surface area (Å²) in [5, 5.41) is 11.1. The molecule has 0 spiro atoms. The molecule has 0 saturated carbocycles. The van der Waals surface area contributed by atoms with Gasteiger partial charge in [-0.3, -0.25) is 0 Å². The van der Waals surface area contributed by atoms with E-state index in [2.05, 4.69) is 30.5 Å². The van der Waals surface area contributed by atoms with Crippen LogP contribution in [0.25, 0.3) is 0 Å². The second-order valence-corrected chi connectivity index (χ2v) is 4.99. The first-order valence-corrected chi connectivity index (χ1v) is 5.47. The molecule has 0 saturated heterocycles. The van der Waals surface area contributed by atoms with E-state index in [0.717, 1.165) is 17.5 Å². The zero-order valence-electron chi connectivity index (χ0n) is 8.03. The lowest BCUT2D eigenvalue weighted by molar-refractivity contribution is 0.717. The highest BCUT2D eigenvalue weighted by Gasteiger charge is 2.30. The fraction of sp³-hybridized carbons (Fsp3) is 0.250. The summed E-state index contributed by atoms with van der Waals surface area (Å²) in [6, 6.07) is 10.1. The standard InChI is InChI=1S/C12H11NS/c1-12(7-4-8-14-12)11-6-3-2-5-10(11)9-13/h2-6,8H,7H2,1H3. The molecule has 2 rings (SSSR count). The molecule has 0 radical (unpaired) electrons. The van der Waals surface area contributed by atoms with E-state index < -0.39 is 0 Å². The molecule has 14 heavy (non-hydrogen) atoms. The summed E-state index contributed by atoms with van der Waals surface area (Å²) < 4.78 is 0.0618. The van der Waals surface area contributed by atoms with Crippen LogP contribution < -0.4 is 0 Å². The highest BCUT2D eigenvalue weighted by molar-refractivity contribution is 8.03. The summed E-state index contributed by atoms with van der Waals surface area (Å²) >= 11 is 1.80. The van der Waals surface area contributed by atoms with E-state index in [1.807, 2.05) is 18.2 Å². The quantitative estimate of drug-likeness (QED) is 0.695. The number of rotatable bonds is 1. The van der Waals surface area contributed by atoms with Gasteiger partial charge in [-0.1, -0.05) is 24.3 Å². The predicted molar refractivity (Wildman–Crippen MR) is 59.9 cm³/mol. The van der Waals surface area contributed by atoms with Crippen molar-refractivity contribution in [1.29, 1.82) is 5.26 Å². The monoisotopic (exact) mass is 201 g/mol. The topological polar surface area (TPSA) is 23.8 Å². The fourth-order valence-corrected chi connectivity index (χ4v) is 2.72. The van der Waals surface area contributed by atoms with Crippen LogP contribution in [0.5, 0.6) is 0 Å². The van der Waals surface area contributed by atoms with Crippen molar-refractivity contribution in [3.63, 3.8) is 0 Å². The summed E-state index contributed by atoms with van der Waals surface area (Å²) in [5.74, 6) is 0. The Bertz CT molecular complexity index is 407. The molecule has 1 nitrogen and oxygen atoms in total. The van der Waals surface area contributed by atoms with Gasteiger partial charge in [-0.2, -0.15) is 5.26 Å². The van der Waals surface area contributed by atoms with Gasteiger partial charge < -0.3 is 0 Å². The molecule has 0 fully saturated rings. The Hall–Kier alpha value is -1.20. The van der Waals surface area contributed by atoms with Gasteiger partial charge in [0.2, 0.25) is 0 Å². The van der Waals surface area contributed by atoms with Gasteiger partial charge in [0.15, 0.2) is 0 Å². The first kappa shape index (κ1) is 9.36. The van der Waals surface area contributed by atoms with Gasteiger partial charge in [0, 0.05) is 4.75 Å². The van der Waals surface area contributed by atoms with Crippen LogP contribution >= 0.6 is 11.8 Å². The van der Waals surface area contributed by atoms with Gasteiger partial charge >= 0.3 is 0 Å². The van der Waals surface area contributed by atoms with Crippen molar-refractivity contribution in [1.82, 2.24) is 0 Å². The van der Waals surface area contributed by atoms with Gasteiger partial charge in [0.1, 0.15) is 0 Å². The van der Waals surface area contributed by atoms with E-state index in [-0.39, 0.29) is 4.75 Å². The summed E-state index contributed by atoms with van der Waals surface area (Å²) in [6.07, 6.45) is 3.18. The maximum absolute atomic E-state index is 9.01. The predicted octanol–water partition coefficient (Wildman–Crippen LogP) is 3.42. The number of nitrogens with zero attached hydrogens (tertiary/aromatic N) is 1. The maximum Gasteiger partial charge on any atom is 0.0995 e. The maximum atomic E-state index is 9.01. The van der Waals surface area contributed by atoms with Crippen molar-refractivity contribution >= 4 is 11.8 Å². The molecule has 1 aromatic carbocycles. The zero-order valence-corrected chi connectivity index (χ0v) is 8.84. The van der Waals surface area contributed by atoms with Crippen molar-refractivity contribution in [2.45, 2.75) is 18.1 Å². The number of allylic oxidation sites excluding steroid dienone is 1. The summed E-state index contributed by atoms with van der Waals surface area (Å²) in [5.41, 5.74) is 1.95. The number of hydrogen-bond donors (Lipinski definition) is 0. The van der Waals surface area contributed by atoms with Crippen LogP contribution in [0.3, 0.4) is 0 Å². The summed E-state index contributed by atoms with van der Waals surface area (Å²) in [7, 11) is 0. The molecule has 0 amide bonds. The average Bonchev–Trinajstić information content (AvgIpc) is 2.66. The van der Waals surface area contributed by atoms with Gasteiger partial charge in [-0.05, 0) is 30.4 Å². The molecular weight excluding hydrogens is 190 g/mol. The Morgan fingerprint density at radius 1 is 1.43 bits per heavy atom. The van der Waals surface area contributed by atoms with Crippen LogP contribution in [0, 0.1) is 11.3 Å². The third kappa shape index (κ3) is 1.44. The van der Waals surface area contributed by atoms with Crippen molar-refractivity contribution in [2.24, 2.45) is 0 Å². The number of benzene rings is 1. The van der Waals surface area contributed by atoms with E-state index in [0.29, 0.717) is 0 Å². The third-order valence-corrected chi connectivity index (χ3v) is 3.78. The minimum atomic E-state index is 0.0618. The van der Waals surface area contributed by atoms with Crippen LogP contribution in [0.2, 0.25) is 0 Å².